The Labute approximate surface area is 236 Å². The summed E-state index contributed by atoms with van der Waals surface area (Å²) in [5.41, 5.74) is 3.07. The first-order valence-electron chi connectivity index (χ1n) is 12.7. The number of aryl methyl sites for hydroxylation is 1. The molecule has 3 heterocycles. The molecular weight excluding hydrogens is 543 g/mol. The molecule has 0 saturated carbocycles. The predicted molar refractivity (Wildman–Crippen MR) is 150 cm³/mol. The lowest BCUT2D eigenvalue weighted by atomic mass is 10.1. The third-order valence-corrected chi connectivity index (χ3v) is 7.86. The van der Waals surface area contributed by atoms with Crippen molar-refractivity contribution in [2.45, 2.75) is 23.5 Å². The molecule has 3 aromatic heterocycles. The quantitative estimate of drug-likeness (QED) is 0.206. The number of rotatable bonds is 9. The lowest BCUT2D eigenvalue weighted by Gasteiger charge is -2.09. The number of nitrogens with one attached hydrogen (secondary N) is 2. The van der Waals surface area contributed by atoms with Crippen LogP contribution >= 0.6 is 0 Å². The van der Waals surface area contributed by atoms with Gasteiger partial charge in [-0.25, -0.2) is 17.5 Å². The number of aromatic nitrogens is 5. The van der Waals surface area contributed by atoms with Crippen LogP contribution < -0.4 is 5.32 Å². The minimum atomic E-state index is -3.90. The van der Waals surface area contributed by atoms with Crippen molar-refractivity contribution in [1.29, 1.82) is 0 Å². The van der Waals surface area contributed by atoms with Gasteiger partial charge in [-0.2, -0.15) is 10.2 Å². The van der Waals surface area contributed by atoms with E-state index in [-0.39, 0.29) is 27.7 Å². The van der Waals surface area contributed by atoms with Gasteiger partial charge in [0.2, 0.25) is 0 Å². The fraction of sp³-hybridized carbons (Fsp3) is 0.133. The van der Waals surface area contributed by atoms with Crippen LogP contribution in [0.1, 0.15) is 39.2 Å². The maximum absolute atomic E-state index is 13.5. The number of hydrogen-bond donors (Lipinski definition) is 2. The summed E-state index contributed by atoms with van der Waals surface area (Å²) in [6, 6.07) is 15.0. The molecule has 0 bridgehead atoms. The van der Waals surface area contributed by atoms with Crippen LogP contribution in [-0.2, 0) is 22.0 Å². The molecule has 0 aliphatic heterocycles. The summed E-state index contributed by atoms with van der Waals surface area (Å²) in [6.45, 7) is 0.431. The number of halogens is 1. The predicted octanol–water partition coefficient (Wildman–Crippen LogP) is 3.87. The first-order chi connectivity index (χ1) is 19.9. The van der Waals surface area contributed by atoms with Gasteiger partial charge in [-0.3, -0.25) is 14.9 Å². The number of carbonyl (C=O) groups is 1. The molecule has 0 spiro atoms. The summed E-state index contributed by atoms with van der Waals surface area (Å²) in [4.78, 5) is 16.8. The van der Waals surface area contributed by atoms with E-state index in [4.69, 9.17) is 0 Å². The summed E-state index contributed by atoms with van der Waals surface area (Å²) in [5.74, 6) is 4.64. The zero-order valence-corrected chi connectivity index (χ0v) is 22.6. The first-order valence-corrected chi connectivity index (χ1v) is 14.4. The molecule has 41 heavy (non-hydrogen) atoms. The highest BCUT2D eigenvalue weighted by Gasteiger charge is 2.22. The van der Waals surface area contributed by atoms with Crippen molar-refractivity contribution in [1.82, 2.24) is 30.3 Å². The first kappa shape index (κ1) is 27.5. The molecule has 0 atom stereocenters. The van der Waals surface area contributed by atoms with E-state index in [9.17, 15) is 17.6 Å². The Bertz CT molecular complexity index is 1810. The molecule has 5 aromatic rings. The fourth-order valence-electron chi connectivity index (χ4n) is 4.08. The number of H-pyrrole nitrogens is 1. The van der Waals surface area contributed by atoms with Crippen molar-refractivity contribution < 1.29 is 17.6 Å². The van der Waals surface area contributed by atoms with E-state index in [2.05, 4.69) is 37.4 Å². The highest BCUT2D eigenvalue weighted by atomic mass is 32.2. The molecule has 0 unspecified atom stereocenters. The maximum Gasteiger partial charge on any atom is 0.251 e. The van der Waals surface area contributed by atoms with Crippen molar-refractivity contribution >= 4 is 15.7 Å². The molecule has 0 aliphatic rings. The number of carbonyl (C=O) groups excluding carboxylic acids is 1. The minimum absolute atomic E-state index is 0.0259. The number of hydrogen-bond acceptors (Lipinski definition) is 6. The Morgan fingerprint density at radius 2 is 1.83 bits per heavy atom. The molecule has 9 nitrogen and oxygen atoms in total. The van der Waals surface area contributed by atoms with E-state index in [0.717, 1.165) is 17.7 Å². The van der Waals surface area contributed by atoms with Gasteiger partial charge in [0.1, 0.15) is 5.82 Å². The van der Waals surface area contributed by atoms with Crippen molar-refractivity contribution in [2.24, 2.45) is 0 Å². The monoisotopic (exact) mass is 568 g/mol. The molecule has 206 valence electrons. The lowest BCUT2D eigenvalue weighted by molar-refractivity contribution is 0.0953. The highest BCUT2D eigenvalue weighted by molar-refractivity contribution is 7.90. The molecule has 0 radical (unpaired) electrons. The van der Waals surface area contributed by atoms with Crippen LogP contribution in [0.15, 0.2) is 96.5 Å². The van der Waals surface area contributed by atoms with Gasteiger partial charge >= 0.3 is 0 Å². The van der Waals surface area contributed by atoms with E-state index in [1.165, 1.54) is 42.5 Å². The van der Waals surface area contributed by atoms with Crippen molar-refractivity contribution in [2.75, 3.05) is 6.54 Å². The summed E-state index contributed by atoms with van der Waals surface area (Å²) < 4.78 is 42.0. The largest absolute Gasteiger partial charge is 0.352 e. The van der Waals surface area contributed by atoms with E-state index in [1.54, 1.807) is 53.9 Å². The maximum atomic E-state index is 13.5. The van der Waals surface area contributed by atoms with E-state index in [0.29, 0.717) is 24.2 Å². The van der Waals surface area contributed by atoms with Crippen LogP contribution in [0.25, 0.3) is 5.69 Å². The normalized spacial score (nSPS) is 11.0. The SMILES string of the molecule is O=C(NCCCc1cn[nH]c1)c1ccc(S(=O)(=O)Cc2ccn(-c3ccncc3)n2)c(C#Cc2ccc(F)cc2)c1. The second-order valence-electron chi connectivity index (χ2n) is 9.15. The molecule has 0 fully saturated rings. The third kappa shape index (κ3) is 7.12. The van der Waals surface area contributed by atoms with Crippen molar-refractivity contribution in [3.8, 4) is 17.5 Å². The van der Waals surface area contributed by atoms with Crippen LogP contribution in [0.3, 0.4) is 0 Å². The van der Waals surface area contributed by atoms with Gasteiger partial charge in [-0.15, -0.1) is 0 Å². The van der Waals surface area contributed by atoms with Gasteiger partial charge in [0.25, 0.3) is 5.91 Å². The molecule has 1 amide bonds. The van der Waals surface area contributed by atoms with E-state index in [1.807, 2.05) is 0 Å². The van der Waals surface area contributed by atoms with Crippen LogP contribution in [0.4, 0.5) is 4.39 Å². The highest BCUT2D eigenvalue weighted by Crippen LogP contribution is 2.22. The number of amides is 1. The summed E-state index contributed by atoms with van der Waals surface area (Å²) in [6.07, 6.45) is 9.91. The number of nitrogens with zero attached hydrogens (tertiary/aromatic N) is 4. The van der Waals surface area contributed by atoms with Crippen LogP contribution in [0.5, 0.6) is 0 Å². The van der Waals surface area contributed by atoms with Crippen molar-refractivity contribution in [3.05, 3.63) is 125 Å². The standard InChI is InChI=1S/C30H25FN6O3S/c31-26-8-4-22(5-9-26)3-6-24-18-25(30(38)33-14-1-2-23-19-34-35-20-23)7-10-29(24)41(39,40)21-27-13-17-37(36-27)28-11-15-32-16-12-28/h4-5,7-13,15-20H,1-2,14,21H2,(H,33,38)(H,34,35). The molecule has 2 N–H and O–H groups in total. The molecule has 0 saturated heterocycles. The Morgan fingerprint density at radius 3 is 2.59 bits per heavy atom. The average molecular weight is 569 g/mol. The number of sulfone groups is 1. The Balaban J connectivity index is 1.39. The molecule has 2 aromatic carbocycles. The van der Waals surface area contributed by atoms with Gasteiger partial charge in [-0.1, -0.05) is 11.8 Å². The van der Waals surface area contributed by atoms with E-state index >= 15 is 0 Å². The molecule has 5 rings (SSSR count). The second kappa shape index (κ2) is 12.4. The van der Waals surface area contributed by atoms with Gasteiger partial charge in [-0.05, 0) is 79.1 Å². The lowest BCUT2D eigenvalue weighted by Crippen LogP contribution is -2.25. The summed E-state index contributed by atoms with van der Waals surface area (Å²) >= 11 is 0. The average Bonchev–Trinajstić information content (AvgIpc) is 3.67. The topological polar surface area (TPSA) is 123 Å². The van der Waals surface area contributed by atoms with Crippen LogP contribution in [0, 0.1) is 17.7 Å². The van der Waals surface area contributed by atoms with Gasteiger partial charge < -0.3 is 5.32 Å². The number of pyridine rings is 1. The van der Waals surface area contributed by atoms with Crippen molar-refractivity contribution in [3.63, 3.8) is 0 Å². The summed E-state index contributed by atoms with van der Waals surface area (Å²) in [7, 11) is -3.90. The smallest absolute Gasteiger partial charge is 0.251 e. The molecular formula is C30H25FN6O3S. The third-order valence-electron chi connectivity index (χ3n) is 6.15. The number of benzene rings is 2. The van der Waals surface area contributed by atoms with Gasteiger partial charge in [0.05, 0.1) is 28.2 Å². The number of aromatic amines is 1. The van der Waals surface area contributed by atoms with Gasteiger partial charge in [0, 0.05) is 48.0 Å². The summed E-state index contributed by atoms with van der Waals surface area (Å²) in [5, 5.41) is 13.9. The zero-order valence-electron chi connectivity index (χ0n) is 21.8. The van der Waals surface area contributed by atoms with Gasteiger partial charge in [0.15, 0.2) is 9.84 Å². The van der Waals surface area contributed by atoms with Crippen LogP contribution in [-0.4, -0.2) is 45.8 Å². The Morgan fingerprint density at radius 1 is 1.02 bits per heavy atom. The molecule has 11 heteroatoms. The second-order valence-corrected chi connectivity index (χ2v) is 11.1. The zero-order chi connectivity index (χ0) is 28.7. The minimum Gasteiger partial charge on any atom is -0.352 e. The fourth-order valence-corrected chi connectivity index (χ4v) is 5.49. The molecule has 0 aliphatic carbocycles. The van der Waals surface area contributed by atoms with E-state index < -0.39 is 15.7 Å². The van der Waals surface area contributed by atoms with Crippen LogP contribution in [0.2, 0.25) is 0 Å². The Hall–Kier alpha value is -5.08. The Kier molecular flexibility index (Phi) is 8.31.